The van der Waals surface area contributed by atoms with Gasteiger partial charge in [0.05, 0.1) is 14.2 Å². The predicted octanol–water partition coefficient (Wildman–Crippen LogP) is 7.38. The van der Waals surface area contributed by atoms with Crippen LogP contribution in [-0.2, 0) is 0 Å². The molecule has 6 heteroatoms. The first kappa shape index (κ1) is 22.8. The maximum atomic E-state index is 9.74. The fourth-order valence-electron chi connectivity index (χ4n) is 3.93. The van der Waals surface area contributed by atoms with E-state index in [-0.39, 0.29) is 0 Å². The number of para-hydroxylation sites is 2. The van der Waals surface area contributed by atoms with Crippen molar-refractivity contribution < 1.29 is 13.9 Å². The summed E-state index contributed by atoms with van der Waals surface area (Å²) in [5.74, 6) is 1.88. The lowest BCUT2D eigenvalue weighted by molar-refractivity contribution is 0.415. The smallest absolute Gasteiger partial charge is 0.238 e. The molecule has 0 atom stereocenters. The van der Waals surface area contributed by atoms with Gasteiger partial charge < -0.3 is 18.8 Å². The summed E-state index contributed by atoms with van der Waals surface area (Å²) >= 11 is 0. The van der Waals surface area contributed by atoms with Gasteiger partial charge in [0, 0.05) is 17.1 Å². The van der Waals surface area contributed by atoms with Crippen LogP contribution in [-0.4, -0.2) is 19.2 Å². The molecule has 5 rings (SSSR count). The summed E-state index contributed by atoms with van der Waals surface area (Å²) in [5.41, 5.74) is 5.52. The molecule has 6 nitrogen and oxygen atoms in total. The second kappa shape index (κ2) is 10.1. The second-order valence-corrected chi connectivity index (χ2v) is 7.98. The number of benzene rings is 4. The molecule has 0 spiro atoms. The Balaban J connectivity index is 1.50. The van der Waals surface area contributed by atoms with Crippen molar-refractivity contribution in [2.24, 2.45) is 0 Å². The Morgan fingerprint density at radius 2 is 1.31 bits per heavy atom. The zero-order valence-corrected chi connectivity index (χ0v) is 19.9. The highest BCUT2D eigenvalue weighted by Gasteiger charge is 2.14. The molecule has 0 fully saturated rings. The first-order valence-electron chi connectivity index (χ1n) is 11.3. The third kappa shape index (κ3) is 4.63. The van der Waals surface area contributed by atoms with Crippen molar-refractivity contribution in [2.45, 2.75) is 0 Å². The quantitative estimate of drug-likeness (QED) is 0.230. The summed E-state index contributed by atoms with van der Waals surface area (Å²) in [7, 11) is 3.30. The maximum Gasteiger partial charge on any atom is 0.238 e. The van der Waals surface area contributed by atoms with Crippen molar-refractivity contribution in [3.63, 3.8) is 0 Å². The highest BCUT2D eigenvalue weighted by Crippen LogP contribution is 2.36. The van der Waals surface area contributed by atoms with Crippen LogP contribution in [0.15, 0.2) is 101 Å². The number of methoxy groups -OCH3 is 2. The lowest BCUT2D eigenvalue weighted by Gasteiger charge is -2.26. The Morgan fingerprint density at radius 3 is 1.81 bits per heavy atom. The lowest BCUT2D eigenvalue weighted by Crippen LogP contribution is -2.09. The molecule has 176 valence electrons. The third-order valence-corrected chi connectivity index (χ3v) is 5.77. The van der Waals surface area contributed by atoms with E-state index in [1.165, 1.54) is 0 Å². The molecule has 4 aromatic carbocycles. The first-order chi connectivity index (χ1) is 17.7. The fourth-order valence-corrected chi connectivity index (χ4v) is 3.93. The van der Waals surface area contributed by atoms with Gasteiger partial charge in [0.15, 0.2) is 5.58 Å². The van der Waals surface area contributed by atoms with E-state index >= 15 is 0 Å². The number of oxazole rings is 1. The van der Waals surface area contributed by atoms with Crippen LogP contribution in [0.1, 0.15) is 11.5 Å². The zero-order valence-electron chi connectivity index (χ0n) is 19.9. The third-order valence-electron chi connectivity index (χ3n) is 5.77. The van der Waals surface area contributed by atoms with Crippen LogP contribution < -0.4 is 14.4 Å². The van der Waals surface area contributed by atoms with E-state index in [2.05, 4.69) is 16.0 Å². The molecular formula is C30H23N3O3. The molecular weight excluding hydrogens is 450 g/mol. The van der Waals surface area contributed by atoms with Gasteiger partial charge in [-0.25, -0.2) is 4.98 Å². The van der Waals surface area contributed by atoms with Crippen molar-refractivity contribution in [1.29, 1.82) is 5.26 Å². The van der Waals surface area contributed by atoms with Gasteiger partial charge in [-0.15, -0.1) is 0 Å². The number of anilines is 3. The van der Waals surface area contributed by atoms with Gasteiger partial charge >= 0.3 is 0 Å². The Hall–Kier alpha value is -5.02. The van der Waals surface area contributed by atoms with Gasteiger partial charge in [-0.05, 0) is 84.4 Å². The fraction of sp³-hybridized carbons (Fsp3) is 0.0667. The molecule has 1 heterocycles. The number of fused-ring (bicyclic) bond motifs is 1. The van der Waals surface area contributed by atoms with Crippen LogP contribution in [0.4, 0.5) is 17.1 Å². The topological polar surface area (TPSA) is 71.5 Å². The standard InChI is InChI=1S/C30H23N3O3/c1-34-26-15-11-24(12-16-26)33(25-13-17-27(35-2)18-14-25)23-9-7-21(8-10-23)19-22(20-31)30-32-28-5-3-4-6-29(28)36-30/h3-19H,1-2H3. The van der Waals surface area contributed by atoms with Gasteiger partial charge in [-0.3, -0.25) is 0 Å². The summed E-state index contributed by atoms with van der Waals surface area (Å²) < 4.78 is 16.4. The molecule has 0 aliphatic carbocycles. The van der Waals surface area contributed by atoms with Crippen LogP contribution in [0.25, 0.3) is 22.7 Å². The van der Waals surface area contributed by atoms with Crippen LogP contribution in [0.5, 0.6) is 11.5 Å². The number of hydrogen-bond donors (Lipinski definition) is 0. The number of rotatable bonds is 7. The van der Waals surface area contributed by atoms with Crippen LogP contribution in [0, 0.1) is 11.3 Å². The highest BCUT2D eigenvalue weighted by atomic mass is 16.5. The Bertz CT molecular complexity index is 1460. The molecule has 1 aromatic heterocycles. The van der Waals surface area contributed by atoms with E-state index in [1.807, 2.05) is 97.1 Å². The largest absolute Gasteiger partial charge is 0.497 e. The molecule has 0 saturated heterocycles. The molecule has 36 heavy (non-hydrogen) atoms. The first-order valence-corrected chi connectivity index (χ1v) is 11.3. The average Bonchev–Trinajstić information content (AvgIpc) is 3.37. The van der Waals surface area contributed by atoms with Crippen molar-refractivity contribution >= 4 is 39.8 Å². The van der Waals surface area contributed by atoms with Gasteiger partial charge in [-0.1, -0.05) is 24.3 Å². The molecule has 0 amide bonds. The molecule has 0 radical (unpaired) electrons. The summed E-state index contributed by atoms with van der Waals surface area (Å²) in [6.45, 7) is 0. The van der Waals surface area contributed by atoms with Gasteiger partial charge in [0.25, 0.3) is 0 Å². The molecule has 5 aromatic rings. The van der Waals surface area contributed by atoms with Crippen LogP contribution in [0.3, 0.4) is 0 Å². The number of nitrogens with zero attached hydrogens (tertiary/aromatic N) is 3. The van der Waals surface area contributed by atoms with Gasteiger partial charge in [0.2, 0.25) is 5.89 Å². The van der Waals surface area contributed by atoms with Crippen LogP contribution in [0.2, 0.25) is 0 Å². The zero-order chi connectivity index (χ0) is 24.9. The van der Waals surface area contributed by atoms with E-state index in [0.29, 0.717) is 17.0 Å². The predicted molar refractivity (Wildman–Crippen MR) is 142 cm³/mol. The average molecular weight is 474 g/mol. The minimum absolute atomic E-state index is 0.306. The van der Waals surface area contributed by atoms with Gasteiger partial charge in [0.1, 0.15) is 28.7 Å². The molecule has 0 saturated carbocycles. The monoisotopic (exact) mass is 473 g/mol. The Morgan fingerprint density at radius 1 is 0.778 bits per heavy atom. The van der Waals surface area contributed by atoms with Gasteiger partial charge in [-0.2, -0.15) is 5.26 Å². The molecule has 0 bridgehead atoms. The Labute approximate surface area is 209 Å². The second-order valence-electron chi connectivity index (χ2n) is 7.98. The van der Waals surface area contributed by atoms with Crippen molar-refractivity contribution in [1.82, 2.24) is 4.98 Å². The number of ether oxygens (including phenoxy) is 2. The van der Waals surface area contributed by atoms with Crippen molar-refractivity contribution in [3.05, 3.63) is 109 Å². The summed E-state index contributed by atoms with van der Waals surface area (Å²) in [4.78, 5) is 6.58. The van der Waals surface area contributed by atoms with E-state index in [1.54, 1.807) is 20.3 Å². The molecule has 0 N–H and O–H groups in total. The number of allylic oxidation sites excluding steroid dienone is 1. The highest BCUT2D eigenvalue weighted by molar-refractivity contribution is 5.89. The summed E-state index contributed by atoms with van der Waals surface area (Å²) in [6, 6.07) is 33.4. The van der Waals surface area contributed by atoms with Crippen molar-refractivity contribution in [3.8, 4) is 17.6 Å². The minimum Gasteiger partial charge on any atom is -0.497 e. The van der Waals surface area contributed by atoms with E-state index in [4.69, 9.17) is 13.9 Å². The normalized spacial score (nSPS) is 11.2. The number of hydrogen-bond acceptors (Lipinski definition) is 6. The molecule has 0 aliphatic rings. The molecule has 0 unspecified atom stereocenters. The SMILES string of the molecule is COc1ccc(N(c2ccc(C=C(C#N)c3nc4ccccc4o3)cc2)c2ccc(OC)cc2)cc1. The van der Waals surface area contributed by atoms with Crippen LogP contribution >= 0.6 is 0 Å². The van der Waals surface area contributed by atoms with E-state index in [9.17, 15) is 5.26 Å². The maximum absolute atomic E-state index is 9.74. The van der Waals surface area contributed by atoms with E-state index in [0.717, 1.165) is 39.6 Å². The Kier molecular flexibility index (Phi) is 6.37. The number of nitriles is 1. The van der Waals surface area contributed by atoms with Crippen molar-refractivity contribution in [2.75, 3.05) is 19.1 Å². The summed E-state index contributed by atoms with van der Waals surface area (Å²) in [5, 5.41) is 9.74. The minimum atomic E-state index is 0.306. The summed E-state index contributed by atoms with van der Waals surface area (Å²) in [6.07, 6.45) is 1.78. The number of aromatic nitrogens is 1. The lowest BCUT2D eigenvalue weighted by atomic mass is 10.1. The molecule has 0 aliphatic heterocycles. The van der Waals surface area contributed by atoms with E-state index < -0.39 is 0 Å².